The molecule has 0 aromatic carbocycles. The molecule has 1 aromatic rings. The molecule has 3 atom stereocenters. The van der Waals surface area contributed by atoms with Crippen LogP contribution in [0.1, 0.15) is 74.5 Å². The maximum absolute atomic E-state index is 13.2. The Balaban J connectivity index is 1.54. The van der Waals surface area contributed by atoms with Crippen LogP contribution in [0.5, 0.6) is 0 Å². The van der Waals surface area contributed by atoms with Crippen molar-refractivity contribution >= 4 is 15.9 Å². The molecular formula is C22H39N5O4S. The minimum absolute atomic E-state index is 0.0809. The predicted molar refractivity (Wildman–Crippen MR) is 124 cm³/mol. The van der Waals surface area contributed by atoms with Crippen molar-refractivity contribution in [2.75, 3.05) is 39.5 Å². The van der Waals surface area contributed by atoms with Crippen LogP contribution >= 0.6 is 0 Å². The molecule has 2 aliphatic rings. The van der Waals surface area contributed by atoms with Gasteiger partial charge in [0.05, 0.1) is 5.75 Å². The topological polar surface area (TPSA) is 108 Å². The Kier molecular flexibility index (Phi) is 8.71. The number of carbonyl (C=O) groups excluding carboxylic acids is 1. The van der Waals surface area contributed by atoms with E-state index in [1.807, 2.05) is 27.9 Å². The third-order valence-electron chi connectivity index (χ3n) is 6.53. The molecule has 32 heavy (non-hydrogen) atoms. The molecule has 182 valence electrons. The molecule has 0 spiro atoms. The van der Waals surface area contributed by atoms with E-state index in [4.69, 9.17) is 4.52 Å². The number of aromatic nitrogens is 1. The van der Waals surface area contributed by atoms with E-state index in [2.05, 4.69) is 20.7 Å². The highest BCUT2D eigenvalue weighted by Crippen LogP contribution is 2.40. The number of piperidine rings is 1. The van der Waals surface area contributed by atoms with Crippen LogP contribution in [-0.2, 0) is 10.0 Å². The number of carbonyl (C=O) groups is 1. The Morgan fingerprint density at radius 2 is 2.06 bits per heavy atom. The average Bonchev–Trinajstić information content (AvgIpc) is 3.47. The lowest BCUT2D eigenvalue weighted by atomic mass is 9.93. The number of rotatable bonds is 12. The van der Waals surface area contributed by atoms with Crippen LogP contribution in [0.3, 0.4) is 0 Å². The fraction of sp³-hybridized carbons (Fsp3) is 0.818. The van der Waals surface area contributed by atoms with E-state index in [1.54, 1.807) is 10.4 Å². The monoisotopic (exact) mass is 469 g/mol. The predicted octanol–water partition coefficient (Wildman–Crippen LogP) is 1.78. The molecule has 10 heteroatoms. The number of likely N-dealkylation sites (N-methyl/N-ethyl adjacent to an activating group) is 2. The molecular weight excluding hydrogens is 430 g/mol. The molecule has 0 unspecified atom stereocenters. The lowest BCUT2D eigenvalue weighted by Crippen LogP contribution is -2.56. The highest BCUT2D eigenvalue weighted by molar-refractivity contribution is 7.89. The number of hydrogen-bond acceptors (Lipinski definition) is 7. The summed E-state index contributed by atoms with van der Waals surface area (Å²) in [5.74, 6) is 1.10. The van der Waals surface area contributed by atoms with Crippen molar-refractivity contribution in [1.82, 2.24) is 25.0 Å². The second-order valence-electron chi connectivity index (χ2n) is 9.35. The molecule has 1 aliphatic heterocycles. The fourth-order valence-corrected chi connectivity index (χ4v) is 6.65. The molecule has 1 saturated heterocycles. The number of nitrogens with zero attached hydrogens (tertiary/aromatic N) is 3. The zero-order valence-corrected chi connectivity index (χ0v) is 20.7. The fourth-order valence-electron chi connectivity index (χ4n) is 4.62. The minimum Gasteiger partial charge on any atom is -0.360 e. The molecule has 1 aromatic heterocycles. The van der Waals surface area contributed by atoms with Gasteiger partial charge < -0.3 is 20.1 Å². The first-order valence-corrected chi connectivity index (χ1v) is 13.5. The number of nitrogens with one attached hydrogen (secondary N) is 2. The van der Waals surface area contributed by atoms with E-state index in [1.165, 1.54) is 0 Å². The normalized spacial score (nSPS) is 24.7. The summed E-state index contributed by atoms with van der Waals surface area (Å²) in [5.41, 5.74) is 0.310. The Labute approximate surface area is 192 Å². The molecule has 1 saturated carbocycles. The third-order valence-corrected chi connectivity index (χ3v) is 8.64. The third kappa shape index (κ3) is 6.52. The minimum atomic E-state index is -3.36. The zero-order chi connectivity index (χ0) is 23.3. The Bertz CT molecular complexity index is 854. The van der Waals surface area contributed by atoms with E-state index in [9.17, 15) is 13.2 Å². The Morgan fingerprint density at radius 1 is 1.31 bits per heavy atom. The first-order chi connectivity index (χ1) is 15.2. The van der Waals surface area contributed by atoms with Gasteiger partial charge in [0.1, 0.15) is 5.76 Å². The maximum Gasteiger partial charge on any atom is 0.273 e. The van der Waals surface area contributed by atoms with Gasteiger partial charge in [-0.15, -0.1) is 0 Å². The summed E-state index contributed by atoms with van der Waals surface area (Å²) >= 11 is 0. The van der Waals surface area contributed by atoms with Crippen molar-refractivity contribution in [3.8, 4) is 0 Å². The van der Waals surface area contributed by atoms with Crippen molar-refractivity contribution in [2.24, 2.45) is 0 Å². The first-order valence-electron chi connectivity index (χ1n) is 11.9. The molecule has 1 amide bonds. The van der Waals surface area contributed by atoms with Gasteiger partial charge in [-0.2, -0.15) is 4.31 Å². The molecule has 3 rings (SSSR count). The molecule has 1 aliphatic carbocycles. The van der Waals surface area contributed by atoms with Crippen LogP contribution in [0.4, 0.5) is 0 Å². The summed E-state index contributed by atoms with van der Waals surface area (Å²) in [4.78, 5) is 14.8. The standard InChI is InChI=1S/C22H39N5O4S/c1-5-19-14-18(24-22(28)20-15-21(31-25-20)17-7-8-17)13-16(2)27(19)32(29,30)12-6-10-26(4)11-9-23-3/h15-19,23H,5-14H2,1-4H3,(H,24,28)/t16-,18+,19+/m1/s1. The molecule has 2 N–H and O–H groups in total. The van der Waals surface area contributed by atoms with E-state index in [0.717, 1.165) is 38.2 Å². The molecule has 9 nitrogen and oxygen atoms in total. The highest BCUT2D eigenvalue weighted by atomic mass is 32.2. The average molecular weight is 470 g/mol. The van der Waals surface area contributed by atoms with E-state index in [0.29, 0.717) is 37.3 Å². The van der Waals surface area contributed by atoms with Crippen LogP contribution < -0.4 is 10.6 Å². The lowest BCUT2D eigenvalue weighted by molar-refractivity contribution is 0.0877. The number of amides is 1. The number of sulfonamides is 1. The summed E-state index contributed by atoms with van der Waals surface area (Å²) < 4.78 is 33.3. The second-order valence-corrected chi connectivity index (χ2v) is 11.3. The molecule has 0 bridgehead atoms. The Hall–Kier alpha value is -1.49. The highest BCUT2D eigenvalue weighted by Gasteiger charge is 2.40. The smallest absolute Gasteiger partial charge is 0.273 e. The molecule has 2 heterocycles. The largest absolute Gasteiger partial charge is 0.360 e. The summed E-state index contributed by atoms with van der Waals surface area (Å²) in [5, 5.41) is 10.1. The maximum atomic E-state index is 13.2. The summed E-state index contributed by atoms with van der Waals surface area (Å²) in [6, 6.07) is 1.38. The van der Waals surface area contributed by atoms with Gasteiger partial charge in [-0.3, -0.25) is 4.79 Å². The lowest BCUT2D eigenvalue weighted by Gasteiger charge is -2.43. The van der Waals surface area contributed by atoms with E-state index >= 15 is 0 Å². The van der Waals surface area contributed by atoms with Gasteiger partial charge in [-0.25, -0.2) is 8.42 Å². The summed E-state index contributed by atoms with van der Waals surface area (Å²) in [6.07, 6.45) is 4.71. The van der Waals surface area contributed by atoms with Crippen molar-refractivity contribution < 1.29 is 17.7 Å². The van der Waals surface area contributed by atoms with Gasteiger partial charge in [-0.1, -0.05) is 12.1 Å². The van der Waals surface area contributed by atoms with Gasteiger partial charge in [0.25, 0.3) is 5.91 Å². The molecule has 2 fully saturated rings. The van der Waals surface area contributed by atoms with Crippen molar-refractivity contribution in [3.05, 3.63) is 17.5 Å². The van der Waals surface area contributed by atoms with Gasteiger partial charge in [0, 0.05) is 43.2 Å². The van der Waals surface area contributed by atoms with Crippen molar-refractivity contribution in [3.63, 3.8) is 0 Å². The quantitative estimate of drug-likeness (QED) is 0.480. The number of hydrogen-bond donors (Lipinski definition) is 2. The molecule has 0 radical (unpaired) electrons. The van der Waals surface area contributed by atoms with E-state index in [-0.39, 0.29) is 29.8 Å². The van der Waals surface area contributed by atoms with Gasteiger partial charge in [-0.05, 0) is 66.1 Å². The van der Waals surface area contributed by atoms with Crippen molar-refractivity contribution in [2.45, 2.75) is 76.4 Å². The van der Waals surface area contributed by atoms with Crippen LogP contribution in [0.25, 0.3) is 0 Å². The SMILES string of the molecule is CC[C@H]1C[C@@H](NC(=O)c2cc(C3CC3)on2)C[C@@H](C)N1S(=O)(=O)CCCN(C)CCNC. The summed E-state index contributed by atoms with van der Waals surface area (Å²) in [6.45, 7) is 6.48. The second kappa shape index (κ2) is 11.1. The Morgan fingerprint density at radius 3 is 2.72 bits per heavy atom. The van der Waals surface area contributed by atoms with Crippen LogP contribution in [-0.4, -0.2) is 86.3 Å². The van der Waals surface area contributed by atoms with Crippen LogP contribution in [0.15, 0.2) is 10.6 Å². The van der Waals surface area contributed by atoms with Gasteiger partial charge >= 0.3 is 0 Å². The summed E-state index contributed by atoms with van der Waals surface area (Å²) in [7, 11) is 0.560. The van der Waals surface area contributed by atoms with Gasteiger partial charge in [0.15, 0.2) is 5.69 Å². The zero-order valence-electron chi connectivity index (χ0n) is 19.8. The van der Waals surface area contributed by atoms with Gasteiger partial charge in [0.2, 0.25) is 10.0 Å². The van der Waals surface area contributed by atoms with Crippen LogP contribution in [0, 0.1) is 0 Å². The van der Waals surface area contributed by atoms with Crippen LogP contribution in [0.2, 0.25) is 0 Å². The van der Waals surface area contributed by atoms with E-state index < -0.39 is 10.0 Å². The van der Waals surface area contributed by atoms with Crippen molar-refractivity contribution in [1.29, 1.82) is 0 Å². The first kappa shape index (κ1) is 25.1.